The fourth-order valence-electron chi connectivity index (χ4n) is 2.05. The number of nitrogens with one attached hydrogen (secondary N) is 1. The Balaban J connectivity index is 0. The molecule has 0 aromatic rings. The molecule has 0 rings (SSSR count). The number of hydrogen-bond donors (Lipinski definition) is 1. The van der Waals surface area contributed by atoms with Crippen LogP contribution in [0.25, 0.3) is 0 Å². The number of rotatable bonds is 12. The molecule has 0 saturated carbocycles. The van der Waals surface area contributed by atoms with Crippen molar-refractivity contribution in [3.8, 4) is 0 Å². The van der Waals surface area contributed by atoms with Crippen molar-refractivity contribution in [2.75, 3.05) is 0 Å². The molecule has 112 valence electrons. The molecule has 0 bridgehead atoms. The van der Waals surface area contributed by atoms with Gasteiger partial charge in [-0.3, -0.25) is 4.79 Å². The van der Waals surface area contributed by atoms with Crippen molar-refractivity contribution in [3.63, 3.8) is 0 Å². The number of thiocarbonyl (C=S) groups is 1. The van der Waals surface area contributed by atoms with Gasteiger partial charge in [0.25, 0.3) is 0 Å². The van der Waals surface area contributed by atoms with E-state index in [-0.39, 0.29) is 40.5 Å². The Morgan fingerprint density at radius 1 is 1.05 bits per heavy atom. The van der Waals surface area contributed by atoms with Gasteiger partial charge in [0.1, 0.15) is 0 Å². The van der Waals surface area contributed by atoms with Gasteiger partial charge in [0.2, 0.25) is 5.91 Å². The number of amides is 1. The minimum absolute atomic E-state index is 0. The van der Waals surface area contributed by atoms with Crippen molar-refractivity contribution in [1.82, 2.24) is 5.32 Å². The third-order valence-electron chi connectivity index (χ3n) is 3.20. The number of hydrogen-bond acceptors (Lipinski definition) is 3. The summed E-state index contributed by atoms with van der Waals surface area (Å²) in [5.74, 6) is -0.0368. The molecule has 1 amide bonds. The molecule has 0 radical (unpaired) electrons. The maximum Gasteiger partial charge on any atom is 1.00 e. The Bertz CT molecular complexity index is 262. The van der Waals surface area contributed by atoms with Gasteiger partial charge in [0.15, 0.2) is 0 Å². The Morgan fingerprint density at radius 2 is 1.60 bits per heavy atom. The van der Waals surface area contributed by atoms with E-state index in [1.807, 2.05) is 6.92 Å². The molecule has 1 atom stereocenters. The first-order valence-electron chi connectivity index (χ1n) is 7.62. The molecule has 0 aliphatic heterocycles. The second-order valence-corrected chi connectivity index (χ2v) is 5.50. The van der Waals surface area contributed by atoms with E-state index >= 15 is 0 Å². The van der Waals surface area contributed by atoms with Crippen molar-refractivity contribution >= 4 is 23.2 Å². The molecule has 0 fully saturated rings. The smallest absolute Gasteiger partial charge is 0.866 e. The van der Waals surface area contributed by atoms with Crippen LogP contribution in [0.4, 0.5) is 0 Å². The van der Waals surface area contributed by atoms with Crippen molar-refractivity contribution in [2.45, 2.75) is 84.1 Å². The summed E-state index contributed by atoms with van der Waals surface area (Å²) in [6.07, 6.45) is 10.3. The Morgan fingerprint density at radius 3 is 2.10 bits per heavy atom. The second-order valence-electron chi connectivity index (χ2n) is 5.10. The fraction of sp³-hybridized carbons (Fsp3) is 0.867. The summed E-state index contributed by atoms with van der Waals surface area (Å²) in [7, 11) is 0. The molecule has 0 aromatic heterocycles. The van der Waals surface area contributed by atoms with Gasteiger partial charge in [-0.15, -0.1) is 12.2 Å². The van der Waals surface area contributed by atoms with Crippen LogP contribution < -0.4 is 40.0 Å². The molecule has 0 aliphatic rings. The van der Waals surface area contributed by atoms with Crippen LogP contribution in [0.2, 0.25) is 0 Å². The van der Waals surface area contributed by atoms with Gasteiger partial charge < -0.3 is 10.4 Å². The average Bonchev–Trinajstić information content (AvgIpc) is 2.37. The molecule has 0 heterocycles. The first-order valence-corrected chi connectivity index (χ1v) is 8.02. The zero-order valence-electron chi connectivity index (χ0n) is 13.4. The molecule has 0 aromatic carbocycles. The van der Waals surface area contributed by atoms with E-state index in [9.17, 15) is 9.90 Å². The van der Waals surface area contributed by atoms with Crippen molar-refractivity contribution < 1.29 is 39.5 Å². The molecule has 3 nitrogen and oxygen atoms in total. The first-order chi connectivity index (χ1) is 9.11. The van der Waals surface area contributed by atoms with Crippen molar-refractivity contribution in [1.29, 1.82) is 0 Å². The van der Waals surface area contributed by atoms with E-state index in [4.69, 9.17) is 0 Å². The monoisotopic (exact) mass is 309 g/mol. The molecule has 1 N–H and O–H groups in total. The zero-order chi connectivity index (χ0) is 14.5. The summed E-state index contributed by atoms with van der Waals surface area (Å²) in [4.78, 5) is 11.7. The van der Waals surface area contributed by atoms with Crippen LogP contribution in [0.15, 0.2) is 0 Å². The van der Waals surface area contributed by atoms with Crippen LogP contribution >= 0.6 is 12.2 Å². The molecule has 0 saturated heterocycles. The average molecular weight is 309 g/mol. The van der Waals surface area contributed by atoms with Crippen LogP contribution in [-0.4, -0.2) is 17.0 Å². The van der Waals surface area contributed by atoms with E-state index in [0.29, 0.717) is 12.8 Å². The molecule has 0 spiro atoms. The molecule has 0 aliphatic carbocycles. The normalized spacial score (nSPS) is 11.5. The van der Waals surface area contributed by atoms with Gasteiger partial charge in [-0.2, -0.15) is 0 Å². The molecular weight excluding hydrogens is 281 g/mol. The predicted molar refractivity (Wildman–Crippen MR) is 82.0 cm³/mol. The van der Waals surface area contributed by atoms with Gasteiger partial charge >= 0.3 is 29.6 Å². The maximum absolute atomic E-state index is 11.7. The van der Waals surface area contributed by atoms with E-state index in [1.165, 1.54) is 32.1 Å². The van der Waals surface area contributed by atoms with E-state index in [0.717, 1.165) is 19.3 Å². The topological polar surface area (TPSA) is 52.2 Å². The van der Waals surface area contributed by atoms with Crippen LogP contribution in [-0.2, 0) is 4.79 Å². The van der Waals surface area contributed by atoms with Gasteiger partial charge in [0, 0.05) is 6.42 Å². The summed E-state index contributed by atoms with van der Waals surface area (Å²) in [5, 5.41) is 13.5. The summed E-state index contributed by atoms with van der Waals surface area (Å²) in [6, 6.07) is -0.461. The largest absolute Gasteiger partial charge is 1.00 e. The van der Waals surface area contributed by atoms with Gasteiger partial charge in [-0.25, -0.2) is 0 Å². The molecule has 1 unspecified atom stereocenters. The third-order valence-corrected chi connectivity index (χ3v) is 3.49. The van der Waals surface area contributed by atoms with Crippen molar-refractivity contribution in [2.24, 2.45) is 0 Å². The summed E-state index contributed by atoms with van der Waals surface area (Å²) < 4.78 is 0. The molecular formula is C15H28NNaO2S. The minimum Gasteiger partial charge on any atom is -0.866 e. The number of carbonyl (C=O) groups excluding carboxylic acids is 1. The summed E-state index contributed by atoms with van der Waals surface area (Å²) in [6.45, 7) is 4.19. The standard InChI is InChI=1S/C15H29NO2S.Na/c1-3-5-6-7-8-9-10-12-14(17)16-13(11-4-2)15(18)19;/h13H,3-12H2,1-2H3,(H,16,17)(H,18,19);/q;+1/p-1. The first kappa shape index (κ1) is 22.6. The predicted octanol–water partition coefficient (Wildman–Crippen LogP) is 0.104. The Labute approximate surface area is 151 Å². The second kappa shape index (κ2) is 15.7. The van der Waals surface area contributed by atoms with E-state index < -0.39 is 6.04 Å². The fourth-order valence-corrected chi connectivity index (χ4v) is 2.22. The quantitative estimate of drug-likeness (QED) is 0.316. The summed E-state index contributed by atoms with van der Waals surface area (Å²) >= 11 is 4.63. The van der Waals surface area contributed by atoms with Crippen molar-refractivity contribution in [3.05, 3.63) is 0 Å². The summed E-state index contributed by atoms with van der Waals surface area (Å²) in [5.41, 5.74) is 0. The Kier molecular flexibility index (Phi) is 17.8. The molecule has 20 heavy (non-hydrogen) atoms. The minimum atomic E-state index is -0.461. The Hall–Kier alpha value is 0.360. The van der Waals surface area contributed by atoms with E-state index in [2.05, 4.69) is 24.5 Å². The number of unbranched alkanes of at least 4 members (excludes halogenated alkanes) is 6. The van der Waals surface area contributed by atoms with Gasteiger partial charge in [-0.1, -0.05) is 58.8 Å². The third kappa shape index (κ3) is 13.3. The van der Waals surface area contributed by atoms with Gasteiger partial charge in [0.05, 0.1) is 6.04 Å². The maximum atomic E-state index is 11.7. The van der Waals surface area contributed by atoms with E-state index in [1.54, 1.807) is 0 Å². The van der Waals surface area contributed by atoms with Crippen LogP contribution in [0.3, 0.4) is 0 Å². The van der Waals surface area contributed by atoms with Gasteiger partial charge in [-0.05, 0) is 17.9 Å². The SMILES string of the molecule is CCCCCCCCCC(=O)NC(CCC)C([O-])=S.[Na+]. The number of carbonyl (C=O) groups is 1. The molecule has 5 heteroatoms. The van der Waals surface area contributed by atoms with Crippen LogP contribution in [0.5, 0.6) is 0 Å². The zero-order valence-corrected chi connectivity index (χ0v) is 16.2. The van der Waals surface area contributed by atoms with Crippen LogP contribution in [0.1, 0.15) is 78.1 Å². The van der Waals surface area contributed by atoms with Crippen LogP contribution in [0, 0.1) is 0 Å².